The monoisotopic (exact) mass is 141 g/mol. The first-order valence-electron chi connectivity index (χ1n) is 3.65. The lowest BCUT2D eigenvalue weighted by Crippen LogP contribution is -2.42. The van der Waals surface area contributed by atoms with Crippen LogP contribution in [0.5, 0.6) is 0 Å². The van der Waals surface area contributed by atoms with E-state index in [1.807, 2.05) is 0 Å². The van der Waals surface area contributed by atoms with Gasteiger partial charge in [-0.3, -0.25) is 0 Å². The van der Waals surface area contributed by atoms with Crippen molar-refractivity contribution in [3.63, 3.8) is 0 Å². The van der Waals surface area contributed by atoms with E-state index in [1.165, 1.54) is 7.69 Å². The Morgan fingerprint density at radius 1 is 1.10 bits per heavy atom. The highest BCUT2D eigenvalue weighted by atomic mass is 16.6. The Kier molecular flexibility index (Phi) is 1.68. The largest absolute Gasteiger partial charge is 0.488 e. The van der Waals surface area contributed by atoms with E-state index in [1.54, 1.807) is 0 Å². The van der Waals surface area contributed by atoms with Crippen molar-refractivity contribution in [3.8, 4) is 0 Å². The fraction of sp³-hybridized carbons (Fsp3) is 1.00. The molecule has 1 aliphatic carbocycles. The minimum absolute atomic E-state index is 0.197. The average Bonchev–Trinajstić information content (AvgIpc) is 1.85. The third-order valence-electron chi connectivity index (χ3n) is 2.09. The topological polar surface area (TPSA) is 38.7 Å². The number of aliphatic hydroxyl groups is 1. The lowest BCUT2D eigenvalue weighted by Gasteiger charge is -2.36. The number of aliphatic hydroxyl groups excluding tert-OH is 1. The summed E-state index contributed by atoms with van der Waals surface area (Å²) in [4.78, 5) is 0. The van der Waals surface area contributed by atoms with Crippen LogP contribution >= 0.6 is 0 Å². The summed E-state index contributed by atoms with van der Waals surface area (Å²) in [6, 6.07) is 0. The predicted molar refractivity (Wildman–Crippen MR) is 35.4 cm³/mol. The fourth-order valence-electron chi connectivity index (χ4n) is 1.60. The average molecular weight is 141 g/mol. The quantitative estimate of drug-likeness (QED) is 0.476. The number of hydrogen-bond donors (Lipinski definition) is 1. The van der Waals surface area contributed by atoms with Gasteiger partial charge in [0.15, 0.2) is 0 Å². The minimum atomic E-state index is -0.225. The van der Waals surface area contributed by atoms with Crippen molar-refractivity contribution in [2.75, 3.05) is 0 Å². The van der Waals surface area contributed by atoms with Gasteiger partial charge in [0, 0.05) is 12.2 Å². The Morgan fingerprint density at radius 2 is 1.70 bits per heavy atom. The number of fused-ring (bicyclic) bond motifs is 2. The highest BCUT2D eigenvalue weighted by molar-refractivity contribution is 6.18. The van der Waals surface area contributed by atoms with Crippen molar-refractivity contribution >= 4 is 7.69 Å². The van der Waals surface area contributed by atoms with Crippen LogP contribution in [-0.4, -0.2) is 31.1 Å². The first-order valence-corrected chi connectivity index (χ1v) is 3.65. The van der Waals surface area contributed by atoms with Gasteiger partial charge in [0.05, 0.1) is 6.10 Å². The lowest BCUT2D eigenvalue weighted by molar-refractivity contribution is -0.0525. The Labute approximate surface area is 60.6 Å². The van der Waals surface area contributed by atoms with Crippen molar-refractivity contribution in [1.29, 1.82) is 0 Å². The van der Waals surface area contributed by atoms with Crippen LogP contribution < -0.4 is 0 Å². The molecule has 55 valence electrons. The number of rotatable bonds is 0. The fourth-order valence-corrected chi connectivity index (χ4v) is 1.60. The van der Waals surface area contributed by atoms with Crippen molar-refractivity contribution in [2.24, 2.45) is 0 Å². The van der Waals surface area contributed by atoms with Gasteiger partial charge in [-0.25, -0.2) is 0 Å². The molecule has 1 heterocycles. The van der Waals surface area contributed by atoms with E-state index >= 15 is 0 Å². The maximum Gasteiger partial charge on any atom is 0.488 e. The molecule has 2 atom stereocenters. The molecule has 4 heteroatoms. The highest BCUT2D eigenvalue weighted by Gasteiger charge is 2.32. The van der Waals surface area contributed by atoms with Gasteiger partial charge in [-0.2, -0.15) is 0 Å². The second-order valence-electron chi connectivity index (χ2n) is 2.97. The highest BCUT2D eigenvalue weighted by Crippen LogP contribution is 2.26. The van der Waals surface area contributed by atoms with Gasteiger partial charge in [0.25, 0.3) is 0 Å². The second kappa shape index (κ2) is 2.53. The van der Waals surface area contributed by atoms with E-state index in [0.29, 0.717) is 0 Å². The SMILES string of the molecule is OC1CC2CC(C1)O[B]O2. The molecule has 1 saturated carbocycles. The summed E-state index contributed by atoms with van der Waals surface area (Å²) in [5, 5.41) is 9.24. The number of hydrogen-bond acceptors (Lipinski definition) is 3. The molecule has 2 bridgehead atoms. The third-order valence-corrected chi connectivity index (χ3v) is 2.09. The Morgan fingerprint density at radius 3 is 2.30 bits per heavy atom. The molecule has 2 rings (SSSR count). The van der Waals surface area contributed by atoms with Crippen molar-refractivity contribution in [2.45, 2.75) is 37.6 Å². The summed E-state index contributed by atoms with van der Waals surface area (Å²) >= 11 is 0. The summed E-state index contributed by atoms with van der Waals surface area (Å²) in [5.41, 5.74) is 0. The van der Waals surface area contributed by atoms with Gasteiger partial charge in [0.2, 0.25) is 0 Å². The molecule has 0 spiro atoms. The van der Waals surface area contributed by atoms with Crippen LogP contribution in [0, 0.1) is 0 Å². The van der Waals surface area contributed by atoms with Crippen LogP contribution in [0.15, 0.2) is 0 Å². The van der Waals surface area contributed by atoms with Crippen LogP contribution in [0.3, 0.4) is 0 Å². The zero-order valence-corrected chi connectivity index (χ0v) is 5.69. The molecular weight excluding hydrogens is 131 g/mol. The maximum absolute atomic E-state index is 9.24. The Bertz CT molecular complexity index is 114. The molecule has 0 aromatic heterocycles. The molecule has 0 aromatic rings. The predicted octanol–water partition coefficient (Wildman–Crippen LogP) is -0.151. The van der Waals surface area contributed by atoms with Crippen LogP contribution in [-0.2, 0) is 9.31 Å². The standard InChI is InChI=1S/C6H10BO3/c8-4-1-5-3-6(2-4)10-7-9-5/h4-6,8H,1-3H2. The molecule has 1 saturated heterocycles. The lowest BCUT2D eigenvalue weighted by atomic mass is 9.90. The second-order valence-corrected chi connectivity index (χ2v) is 2.97. The summed E-state index contributed by atoms with van der Waals surface area (Å²) in [5.74, 6) is 0. The van der Waals surface area contributed by atoms with Gasteiger partial charge in [0.1, 0.15) is 0 Å². The summed E-state index contributed by atoms with van der Waals surface area (Å²) in [7, 11) is 1.41. The molecule has 2 unspecified atom stereocenters. The molecule has 0 aromatic carbocycles. The van der Waals surface area contributed by atoms with Gasteiger partial charge >= 0.3 is 7.69 Å². The van der Waals surface area contributed by atoms with Crippen LogP contribution in [0.2, 0.25) is 0 Å². The van der Waals surface area contributed by atoms with Gasteiger partial charge < -0.3 is 14.4 Å². The zero-order valence-electron chi connectivity index (χ0n) is 5.69. The first kappa shape index (κ1) is 6.64. The normalized spacial score (nSPS) is 46.3. The van der Waals surface area contributed by atoms with E-state index < -0.39 is 0 Å². The van der Waals surface area contributed by atoms with Crippen LogP contribution in [0.4, 0.5) is 0 Å². The maximum atomic E-state index is 9.24. The Balaban J connectivity index is 1.98. The first-order chi connectivity index (χ1) is 4.84. The molecule has 10 heavy (non-hydrogen) atoms. The smallest absolute Gasteiger partial charge is 0.410 e. The molecule has 1 N–H and O–H groups in total. The third kappa shape index (κ3) is 1.19. The summed E-state index contributed by atoms with van der Waals surface area (Å²) in [6.07, 6.45) is 2.63. The van der Waals surface area contributed by atoms with E-state index in [4.69, 9.17) is 9.31 Å². The molecule has 1 radical (unpaired) electrons. The molecule has 2 aliphatic rings. The van der Waals surface area contributed by atoms with E-state index in [9.17, 15) is 5.11 Å². The molecule has 1 aliphatic heterocycles. The van der Waals surface area contributed by atoms with Crippen molar-refractivity contribution in [3.05, 3.63) is 0 Å². The Hall–Kier alpha value is -0.0551. The van der Waals surface area contributed by atoms with Gasteiger partial charge in [-0.05, 0) is 19.3 Å². The zero-order chi connectivity index (χ0) is 6.97. The van der Waals surface area contributed by atoms with Crippen molar-refractivity contribution < 1.29 is 14.4 Å². The van der Waals surface area contributed by atoms with E-state index in [2.05, 4.69) is 0 Å². The molecular formula is C6H10BO3. The van der Waals surface area contributed by atoms with Crippen LogP contribution in [0.25, 0.3) is 0 Å². The molecule has 0 amide bonds. The summed E-state index contributed by atoms with van der Waals surface area (Å²) in [6.45, 7) is 0. The van der Waals surface area contributed by atoms with Crippen molar-refractivity contribution in [1.82, 2.24) is 0 Å². The van der Waals surface area contributed by atoms with Gasteiger partial charge in [-0.15, -0.1) is 0 Å². The minimum Gasteiger partial charge on any atom is -0.410 e. The van der Waals surface area contributed by atoms with Gasteiger partial charge in [-0.1, -0.05) is 0 Å². The molecule has 2 fully saturated rings. The van der Waals surface area contributed by atoms with E-state index in [0.717, 1.165) is 19.3 Å². The van der Waals surface area contributed by atoms with Crippen LogP contribution in [0.1, 0.15) is 19.3 Å². The summed E-state index contributed by atoms with van der Waals surface area (Å²) < 4.78 is 10.2. The van der Waals surface area contributed by atoms with E-state index in [-0.39, 0.29) is 18.3 Å². The molecule has 3 nitrogen and oxygen atoms in total.